The molecule has 0 spiro atoms. The predicted octanol–water partition coefficient (Wildman–Crippen LogP) is 4.22. The molecule has 2 amide bonds. The first kappa shape index (κ1) is 21.3. The molecule has 31 heavy (non-hydrogen) atoms. The highest BCUT2D eigenvalue weighted by Gasteiger charge is 2.39. The summed E-state index contributed by atoms with van der Waals surface area (Å²) in [7, 11) is 6.89. The number of hydrogen-bond donors (Lipinski definition) is 0. The molecule has 1 fully saturated rings. The van der Waals surface area contributed by atoms with Crippen molar-refractivity contribution in [2.75, 3.05) is 33.1 Å². The first-order valence-corrected chi connectivity index (χ1v) is 11.2. The van der Waals surface area contributed by atoms with Crippen molar-refractivity contribution in [3.05, 3.63) is 64.0 Å². The quantitative estimate of drug-likeness (QED) is 0.647. The number of rotatable bonds is 3. The number of ether oxygens (including phenoxy) is 1. The maximum Gasteiger partial charge on any atom is 0.414 e. The van der Waals surface area contributed by atoms with Gasteiger partial charge in [-0.05, 0) is 29.5 Å². The van der Waals surface area contributed by atoms with E-state index in [4.69, 9.17) is 4.74 Å². The van der Waals surface area contributed by atoms with Gasteiger partial charge in [0.1, 0.15) is 10.7 Å². The maximum absolute atomic E-state index is 13.3. The van der Waals surface area contributed by atoms with E-state index in [-0.39, 0.29) is 5.91 Å². The monoisotopic (exact) mass is 454 g/mol. The van der Waals surface area contributed by atoms with Gasteiger partial charge in [0.05, 0.1) is 17.3 Å². The number of fused-ring (bicyclic) bond motifs is 1. The number of carbonyl (C=O) groups is 2. The van der Waals surface area contributed by atoms with Crippen LogP contribution < -0.4 is 9.64 Å². The summed E-state index contributed by atoms with van der Waals surface area (Å²) in [6.45, 7) is 0.474. The molecule has 0 N–H and O–H groups in total. The van der Waals surface area contributed by atoms with E-state index in [0.717, 1.165) is 21.2 Å². The Bertz CT molecular complexity index is 1100. The van der Waals surface area contributed by atoms with E-state index in [0.29, 0.717) is 22.4 Å². The Morgan fingerprint density at radius 3 is 2.55 bits per heavy atom. The highest BCUT2D eigenvalue weighted by molar-refractivity contribution is 8.19. The van der Waals surface area contributed by atoms with E-state index in [9.17, 15) is 9.59 Å². The van der Waals surface area contributed by atoms with E-state index in [1.807, 2.05) is 54.4 Å². The Balaban J connectivity index is 1.61. The average molecular weight is 455 g/mol. The third-order valence-electron chi connectivity index (χ3n) is 4.81. The molecule has 0 unspecified atom stereocenters. The Labute approximate surface area is 189 Å². The van der Waals surface area contributed by atoms with Crippen LogP contribution in [0.2, 0.25) is 0 Å². The fourth-order valence-electron chi connectivity index (χ4n) is 3.19. The van der Waals surface area contributed by atoms with Crippen molar-refractivity contribution in [3.8, 4) is 5.75 Å². The molecule has 0 bridgehead atoms. The standard InChI is InChI=1S/C22H22N4O3S2/c1-23-21-26(13-14-8-6-5-7-9-14)19(27)18(31-21)20-25(4)16-12-15(10-11-17(16)30-20)29-22(28)24(2)3/h5-12H,13H2,1-4H3/b20-18-,23-21?. The molecule has 9 heteroatoms. The van der Waals surface area contributed by atoms with Crippen molar-refractivity contribution < 1.29 is 14.3 Å². The number of amides is 2. The van der Waals surface area contributed by atoms with E-state index < -0.39 is 6.09 Å². The molecule has 2 aliphatic rings. The van der Waals surface area contributed by atoms with Crippen LogP contribution in [0.5, 0.6) is 5.75 Å². The summed E-state index contributed by atoms with van der Waals surface area (Å²) in [6, 6.07) is 15.4. The lowest BCUT2D eigenvalue weighted by atomic mass is 10.2. The molecule has 2 aromatic carbocycles. The first-order valence-electron chi connectivity index (χ1n) is 9.58. The molecule has 0 aromatic heterocycles. The number of anilines is 1. The zero-order chi connectivity index (χ0) is 22.1. The minimum atomic E-state index is -0.436. The van der Waals surface area contributed by atoms with Crippen LogP contribution in [0.1, 0.15) is 5.56 Å². The van der Waals surface area contributed by atoms with Crippen molar-refractivity contribution >= 4 is 46.4 Å². The number of benzene rings is 2. The highest BCUT2D eigenvalue weighted by atomic mass is 32.2. The van der Waals surface area contributed by atoms with Crippen LogP contribution in [0.3, 0.4) is 0 Å². The van der Waals surface area contributed by atoms with Gasteiger partial charge in [0.15, 0.2) is 5.17 Å². The van der Waals surface area contributed by atoms with Gasteiger partial charge in [-0.1, -0.05) is 42.1 Å². The van der Waals surface area contributed by atoms with E-state index in [1.165, 1.54) is 28.4 Å². The van der Waals surface area contributed by atoms with Gasteiger partial charge >= 0.3 is 6.09 Å². The van der Waals surface area contributed by atoms with Crippen LogP contribution in [-0.4, -0.2) is 55.2 Å². The highest BCUT2D eigenvalue weighted by Crippen LogP contribution is 2.51. The summed E-state index contributed by atoms with van der Waals surface area (Å²) in [6.07, 6.45) is -0.436. The van der Waals surface area contributed by atoms with Crippen molar-refractivity contribution in [3.63, 3.8) is 0 Å². The average Bonchev–Trinajstić information content (AvgIpc) is 3.25. The van der Waals surface area contributed by atoms with Crippen LogP contribution in [-0.2, 0) is 11.3 Å². The van der Waals surface area contributed by atoms with Gasteiger partial charge in [0.2, 0.25) is 0 Å². The smallest absolute Gasteiger partial charge is 0.410 e. The van der Waals surface area contributed by atoms with Gasteiger partial charge in [-0.15, -0.1) is 0 Å². The van der Waals surface area contributed by atoms with Gasteiger partial charge in [-0.2, -0.15) is 0 Å². The molecular formula is C22H22N4O3S2. The topological polar surface area (TPSA) is 65.5 Å². The lowest BCUT2D eigenvalue weighted by Crippen LogP contribution is -2.29. The van der Waals surface area contributed by atoms with Crippen LogP contribution in [0.25, 0.3) is 0 Å². The Morgan fingerprint density at radius 1 is 1.13 bits per heavy atom. The lowest BCUT2D eigenvalue weighted by Gasteiger charge is -2.17. The zero-order valence-corrected chi connectivity index (χ0v) is 19.3. The van der Waals surface area contributed by atoms with E-state index >= 15 is 0 Å². The molecule has 0 aliphatic carbocycles. The SMILES string of the molecule is CN=C1S/C(=C2\Sc3ccc(OC(=O)N(C)C)cc3N2C)C(=O)N1Cc1ccccc1. The number of amidine groups is 1. The Hall–Kier alpha value is -2.91. The van der Waals surface area contributed by atoms with E-state index in [1.54, 1.807) is 32.1 Å². The predicted molar refractivity (Wildman–Crippen MR) is 125 cm³/mol. The fraction of sp³-hybridized carbons (Fsp3) is 0.227. The normalized spacial score (nSPS) is 19.2. The zero-order valence-electron chi connectivity index (χ0n) is 17.7. The number of aliphatic imine (C=N–C) groups is 1. The third kappa shape index (κ3) is 4.15. The lowest BCUT2D eigenvalue weighted by molar-refractivity contribution is -0.122. The Morgan fingerprint density at radius 2 is 1.87 bits per heavy atom. The summed E-state index contributed by atoms with van der Waals surface area (Å²) in [5.74, 6) is 0.402. The van der Waals surface area contributed by atoms with Gasteiger partial charge in [0, 0.05) is 39.2 Å². The summed E-state index contributed by atoms with van der Waals surface area (Å²) < 4.78 is 5.38. The van der Waals surface area contributed by atoms with Crippen LogP contribution >= 0.6 is 23.5 Å². The molecule has 0 radical (unpaired) electrons. The molecule has 1 saturated heterocycles. The van der Waals surface area contributed by atoms with Gasteiger partial charge in [0.25, 0.3) is 5.91 Å². The second kappa shape index (κ2) is 8.68. The van der Waals surface area contributed by atoms with Crippen molar-refractivity contribution in [2.24, 2.45) is 4.99 Å². The molecule has 2 heterocycles. The molecule has 0 saturated carbocycles. The first-order chi connectivity index (χ1) is 14.9. The summed E-state index contributed by atoms with van der Waals surface area (Å²) >= 11 is 2.92. The molecule has 0 atom stereocenters. The van der Waals surface area contributed by atoms with E-state index in [2.05, 4.69) is 4.99 Å². The minimum Gasteiger partial charge on any atom is -0.410 e. The molecule has 2 aliphatic heterocycles. The summed E-state index contributed by atoms with van der Waals surface area (Å²) in [4.78, 5) is 36.2. The molecule has 160 valence electrons. The van der Waals surface area contributed by atoms with Crippen molar-refractivity contribution in [1.82, 2.24) is 9.80 Å². The maximum atomic E-state index is 13.3. The van der Waals surface area contributed by atoms with Gasteiger partial charge in [-0.25, -0.2) is 4.79 Å². The second-order valence-corrected chi connectivity index (χ2v) is 9.18. The van der Waals surface area contributed by atoms with Crippen molar-refractivity contribution in [2.45, 2.75) is 11.4 Å². The number of thioether (sulfide) groups is 2. The number of carbonyl (C=O) groups excluding carboxylic acids is 2. The third-order valence-corrected chi connectivity index (χ3v) is 7.33. The Kier molecular flexibility index (Phi) is 5.97. The molecule has 4 rings (SSSR count). The van der Waals surface area contributed by atoms with Crippen molar-refractivity contribution in [1.29, 1.82) is 0 Å². The second-order valence-electron chi connectivity index (χ2n) is 7.17. The number of nitrogens with zero attached hydrogens (tertiary/aromatic N) is 4. The molecule has 2 aromatic rings. The van der Waals surface area contributed by atoms with Crippen LogP contribution in [0.4, 0.5) is 10.5 Å². The molecule has 7 nitrogen and oxygen atoms in total. The fourth-order valence-corrected chi connectivity index (χ4v) is 5.45. The van der Waals surface area contributed by atoms with Gasteiger partial charge in [-0.3, -0.25) is 14.7 Å². The molecular weight excluding hydrogens is 432 g/mol. The van der Waals surface area contributed by atoms with Crippen LogP contribution in [0, 0.1) is 0 Å². The minimum absolute atomic E-state index is 0.0594. The number of hydrogen-bond acceptors (Lipinski definition) is 7. The largest absolute Gasteiger partial charge is 0.414 e. The van der Waals surface area contributed by atoms with Crippen LogP contribution in [0.15, 0.2) is 68.4 Å². The summed E-state index contributed by atoms with van der Waals surface area (Å²) in [5, 5.41) is 1.53. The summed E-state index contributed by atoms with van der Waals surface area (Å²) in [5.41, 5.74) is 1.94. The van der Waals surface area contributed by atoms with Gasteiger partial charge < -0.3 is 14.5 Å².